The van der Waals surface area contributed by atoms with Crippen molar-refractivity contribution in [3.8, 4) is 0 Å². The highest BCUT2D eigenvalue weighted by molar-refractivity contribution is 7.89. The van der Waals surface area contributed by atoms with Crippen molar-refractivity contribution in [3.63, 3.8) is 0 Å². The second-order valence-corrected chi connectivity index (χ2v) is 8.00. The number of benzene rings is 1. The molecule has 2 aliphatic carbocycles. The van der Waals surface area contributed by atoms with E-state index in [1.54, 1.807) is 0 Å². The van der Waals surface area contributed by atoms with Gasteiger partial charge in [-0.3, -0.25) is 0 Å². The van der Waals surface area contributed by atoms with Crippen molar-refractivity contribution < 1.29 is 26.7 Å². The van der Waals surface area contributed by atoms with Gasteiger partial charge in [-0.15, -0.1) is 0 Å². The SMILES string of the molecule is O=S(=O)(NC1C2CCC(C2)C1CO)c1ccccc1C(F)(F)F. The van der Waals surface area contributed by atoms with Gasteiger partial charge in [0.1, 0.15) is 0 Å². The van der Waals surface area contributed by atoms with Gasteiger partial charge in [0.15, 0.2) is 0 Å². The molecule has 0 radical (unpaired) electrons. The highest BCUT2D eigenvalue weighted by Crippen LogP contribution is 2.48. The van der Waals surface area contributed by atoms with E-state index in [0.717, 1.165) is 37.5 Å². The zero-order valence-corrected chi connectivity index (χ0v) is 13.1. The van der Waals surface area contributed by atoms with Crippen molar-refractivity contribution in [2.24, 2.45) is 17.8 Å². The molecule has 0 aliphatic heterocycles. The van der Waals surface area contributed by atoms with Gasteiger partial charge in [0.2, 0.25) is 10.0 Å². The van der Waals surface area contributed by atoms with Gasteiger partial charge in [0.25, 0.3) is 0 Å². The number of sulfonamides is 1. The summed E-state index contributed by atoms with van der Waals surface area (Å²) in [6.45, 7) is -0.157. The first-order valence-corrected chi connectivity index (χ1v) is 9.02. The van der Waals surface area contributed by atoms with Crippen LogP contribution in [0.1, 0.15) is 24.8 Å². The van der Waals surface area contributed by atoms with E-state index in [4.69, 9.17) is 0 Å². The average Bonchev–Trinajstić information content (AvgIpc) is 3.07. The van der Waals surface area contributed by atoms with Crippen LogP contribution < -0.4 is 4.72 Å². The van der Waals surface area contributed by atoms with E-state index in [9.17, 15) is 26.7 Å². The van der Waals surface area contributed by atoms with Gasteiger partial charge in [0, 0.05) is 18.6 Å². The summed E-state index contributed by atoms with van der Waals surface area (Å²) in [5.74, 6) is 0.113. The van der Waals surface area contributed by atoms with Crippen molar-refractivity contribution in [2.75, 3.05) is 6.61 Å². The van der Waals surface area contributed by atoms with Gasteiger partial charge >= 0.3 is 6.18 Å². The maximum Gasteiger partial charge on any atom is 0.417 e. The Hall–Kier alpha value is -1.12. The minimum Gasteiger partial charge on any atom is -0.396 e. The fourth-order valence-corrected chi connectivity index (χ4v) is 5.62. The third-order valence-corrected chi connectivity index (χ3v) is 6.59. The van der Waals surface area contributed by atoms with Crippen LogP contribution in [0.5, 0.6) is 0 Å². The van der Waals surface area contributed by atoms with Gasteiger partial charge in [0.05, 0.1) is 10.5 Å². The second-order valence-electron chi connectivity index (χ2n) is 6.32. The zero-order chi connectivity index (χ0) is 16.8. The normalized spacial score (nSPS) is 30.8. The summed E-state index contributed by atoms with van der Waals surface area (Å²) >= 11 is 0. The van der Waals surface area contributed by atoms with Gasteiger partial charge in [-0.2, -0.15) is 13.2 Å². The summed E-state index contributed by atoms with van der Waals surface area (Å²) in [6, 6.07) is 3.67. The number of hydrogen-bond donors (Lipinski definition) is 2. The molecule has 8 heteroatoms. The number of aliphatic hydroxyl groups is 1. The maximum absolute atomic E-state index is 13.1. The highest BCUT2D eigenvalue weighted by Gasteiger charge is 2.49. The molecule has 2 fully saturated rings. The lowest BCUT2D eigenvalue weighted by atomic mass is 9.86. The smallest absolute Gasteiger partial charge is 0.396 e. The number of nitrogens with one attached hydrogen (secondary N) is 1. The zero-order valence-electron chi connectivity index (χ0n) is 12.3. The van der Waals surface area contributed by atoms with E-state index in [0.29, 0.717) is 0 Å². The predicted octanol–water partition coefficient (Wildman–Crippen LogP) is 2.39. The van der Waals surface area contributed by atoms with E-state index >= 15 is 0 Å². The molecule has 23 heavy (non-hydrogen) atoms. The molecule has 0 aromatic heterocycles. The van der Waals surface area contributed by atoms with Crippen molar-refractivity contribution in [3.05, 3.63) is 29.8 Å². The Kier molecular flexibility index (Phi) is 4.18. The molecule has 0 saturated heterocycles. The van der Waals surface area contributed by atoms with Crippen LogP contribution in [0.25, 0.3) is 0 Å². The minimum atomic E-state index is -4.74. The summed E-state index contributed by atoms with van der Waals surface area (Å²) in [4.78, 5) is -0.757. The van der Waals surface area contributed by atoms with Crippen LogP contribution in [0.3, 0.4) is 0 Å². The summed E-state index contributed by atoms with van der Waals surface area (Å²) in [6.07, 6.45) is -2.14. The number of halogens is 3. The van der Waals surface area contributed by atoms with E-state index in [2.05, 4.69) is 4.72 Å². The summed E-state index contributed by atoms with van der Waals surface area (Å²) < 4.78 is 66.6. The van der Waals surface area contributed by atoms with Crippen molar-refractivity contribution in [1.82, 2.24) is 4.72 Å². The van der Waals surface area contributed by atoms with Crippen LogP contribution in [0, 0.1) is 17.8 Å². The fourth-order valence-electron chi connectivity index (χ4n) is 4.03. The quantitative estimate of drug-likeness (QED) is 0.877. The molecule has 0 spiro atoms. The molecule has 4 atom stereocenters. The maximum atomic E-state index is 13.1. The van der Waals surface area contributed by atoms with Gasteiger partial charge in [-0.1, -0.05) is 12.1 Å². The number of fused-ring (bicyclic) bond motifs is 2. The first kappa shape index (κ1) is 16.7. The average molecular weight is 349 g/mol. The Morgan fingerprint density at radius 3 is 2.48 bits per heavy atom. The summed E-state index contributed by atoms with van der Waals surface area (Å²) in [7, 11) is -4.30. The molecule has 0 heterocycles. The van der Waals surface area contributed by atoms with Gasteiger partial charge < -0.3 is 5.11 Å². The molecule has 2 bridgehead atoms. The molecular formula is C15H18F3NO3S. The van der Waals surface area contributed by atoms with Crippen LogP contribution in [-0.2, 0) is 16.2 Å². The molecule has 2 saturated carbocycles. The summed E-state index contributed by atoms with van der Waals surface area (Å²) in [5.41, 5.74) is -1.17. The van der Waals surface area contributed by atoms with Crippen LogP contribution in [-0.4, -0.2) is 26.2 Å². The first-order valence-electron chi connectivity index (χ1n) is 7.53. The van der Waals surface area contributed by atoms with Crippen LogP contribution in [0.15, 0.2) is 29.2 Å². The molecule has 4 unspecified atom stereocenters. The molecular weight excluding hydrogens is 331 g/mol. The Morgan fingerprint density at radius 1 is 1.17 bits per heavy atom. The molecule has 2 aliphatic rings. The van der Waals surface area contributed by atoms with E-state index < -0.39 is 32.7 Å². The molecule has 4 nitrogen and oxygen atoms in total. The van der Waals surface area contributed by atoms with Crippen LogP contribution >= 0.6 is 0 Å². The number of aliphatic hydroxyl groups excluding tert-OH is 1. The van der Waals surface area contributed by atoms with Crippen LogP contribution in [0.4, 0.5) is 13.2 Å². The monoisotopic (exact) mass is 349 g/mol. The molecule has 1 aromatic rings. The molecule has 1 aromatic carbocycles. The number of rotatable bonds is 4. The predicted molar refractivity (Wildman–Crippen MR) is 77.0 cm³/mol. The van der Waals surface area contributed by atoms with Crippen LogP contribution in [0.2, 0.25) is 0 Å². The largest absolute Gasteiger partial charge is 0.417 e. The lowest BCUT2D eigenvalue weighted by Crippen LogP contribution is -2.45. The Morgan fingerprint density at radius 2 is 1.83 bits per heavy atom. The van der Waals surface area contributed by atoms with Crippen molar-refractivity contribution in [1.29, 1.82) is 0 Å². The van der Waals surface area contributed by atoms with Crippen molar-refractivity contribution in [2.45, 2.75) is 36.4 Å². The fraction of sp³-hybridized carbons (Fsp3) is 0.600. The van der Waals surface area contributed by atoms with Crippen molar-refractivity contribution >= 4 is 10.0 Å². The standard InChI is InChI=1S/C15H18F3NO3S/c16-15(17,18)12-3-1-2-4-13(12)23(21,22)19-14-10-6-5-9(7-10)11(14)8-20/h1-4,9-11,14,19-20H,5-8H2. The topological polar surface area (TPSA) is 66.4 Å². The number of hydrogen-bond acceptors (Lipinski definition) is 3. The van der Waals surface area contributed by atoms with Gasteiger partial charge in [-0.05, 0) is 43.2 Å². The number of alkyl halides is 3. The Labute approximate surface area is 132 Å². The molecule has 2 N–H and O–H groups in total. The third-order valence-electron chi connectivity index (χ3n) is 5.07. The van der Waals surface area contributed by atoms with E-state index in [1.165, 1.54) is 6.07 Å². The molecule has 3 rings (SSSR count). The molecule has 128 valence electrons. The molecule has 0 amide bonds. The van der Waals surface area contributed by atoms with E-state index in [1.807, 2.05) is 0 Å². The first-order chi connectivity index (χ1) is 10.7. The highest BCUT2D eigenvalue weighted by atomic mass is 32.2. The van der Waals surface area contributed by atoms with Gasteiger partial charge in [-0.25, -0.2) is 13.1 Å². The van der Waals surface area contributed by atoms with E-state index in [-0.39, 0.29) is 24.4 Å². The summed E-state index contributed by atoms with van der Waals surface area (Å²) in [5, 5.41) is 9.49. The Balaban J connectivity index is 1.92. The minimum absolute atomic E-state index is 0.0879. The Bertz CT molecular complexity index is 689. The second kappa shape index (κ2) is 5.75. The third kappa shape index (κ3) is 2.99. The lowest BCUT2D eigenvalue weighted by Gasteiger charge is -2.30. The lowest BCUT2D eigenvalue weighted by molar-refractivity contribution is -0.139.